The van der Waals surface area contributed by atoms with Crippen molar-refractivity contribution in [1.29, 1.82) is 0 Å². The number of carbonyl (C=O) groups is 3. The Labute approximate surface area is 191 Å². The molecule has 7 nitrogen and oxygen atoms in total. The van der Waals surface area contributed by atoms with Gasteiger partial charge in [-0.1, -0.05) is 43.1 Å². The molecule has 30 heavy (non-hydrogen) atoms. The first-order chi connectivity index (χ1) is 14.1. The minimum Gasteiger partial charge on any atom is -0.394 e. The zero-order valence-electron chi connectivity index (χ0n) is 18.4. The van der Waals surface area contributed by atoms with Gasteiger partial charge in [-0.3, -0.25) is 14.4 Å². The molecule has 4 unspecified atom stereocenters. The molecule has 0 saturated carbocycles. The maximum Gasteiger partial charge on any atom is 0.244 e. The van der Waals surface area contributed by atoms with Gasteiger partial charge in [0.15, 0.2) is 0 Å². The fraction of sp³-hybridized carbons (Fsp3) is 0.857. The van der Waals surface area contributed by atoms with E-state index in [0.29, 0.717) is 6.42 Å². The first-order valence-corrected chi connectivity index (χ1v) is 12.7. The quantitative estimate of drug-likeness (QED) is 0.436. The standard InChI is InChI=1S/C21H34BrN3O4S/c1-6-7-11(4)24-19(28)17-21-8-12(22)16(30-21)14(18(27)23-5)15(21)20(29)25(17)13(9-26)10(2)3/h10-17,26H,6-9H2,1-5H3,(H,23,27)(H,24,28)/t11?,12?,13-,14-,15-,16-,17?,21?/m0/s1. The summed E-state index contributed by atoms with van der Waals surface area (Å²) in [5, 5.41) is 15.9. The third-order valence-corrected chi connectivity index (χ3v) is 10.2. The average Bonchev–Trinajstić information content (AvgIpc) is 3.26. The van der Waals surface area contributed by atoms with Crippen molar-refractivity contribution in [1.82, 2.24) is 15.5 Å². The Kier molecular flexibility index (Phi) is 7.14. The van der Waals surface area contributed by atoms with E-state index in [0.717, 1.165) is 12.8 Å². The summed E-state index contributed by atoms with van der Waals surface area (Å²) in [6.07, 6.45) is 2.46. The molecule has 170 valence electrons. The van der Waals surface area contributed by atoms with Crippen LogP contribution in [0, 0.1) is 17.8 Å². The summed E-state index contributed by atoms with van der Waals surface area (Å²) in [6.45, 7) is 7.73. The number of thioether (sulfide) groups is 1. The van der Waals surface area contributed by atoms with Gasteiger partial charge in [0.1, 0.15) is 6.04 Å². The van der Waals surface area contributed by atoms with E-state index in [2.05, 4.69) is 33.5 Å². The highest BCUT2D eigenvalue weighted by atomic mass is 79.9. The van der Waals surface area contributed by atoms with Crippen molar-refractivity contribution in [2.24, 2.45) is 17.8 Å². The van der Waals surface area contributed by atoms with Crippen molar-refractivity contribution < 1.29 is 19.5 Å². The summed E-state index contributed by atoms with van der Waals surface area (Å²) in [7, 11) is 1.59. The molecule has 3 amide bonds. The van der Waals surface area contributed by atoms with E-state index in [4.69, 9.17) is 0 Å². The van der Waals surface area contributed by atoms with Gasteiger partial charge in [0.25, 0.3) is 0 Å². The topological polar surface area (TPSA) is 98.7 Å². The van der Waals surface area contributed by atoms with E-state index in [1.54, 1.807) is 23.7 Å². The number of aliphatic hydroxyl groups is 1. The molecule has 0 aliphatic carbocycles. The number of hydrogen-bond donors (Lipinski definition) is 3. The van der Waals surface area contributed by atoms with Crippen LogP contribution in [0.25, 0.3) is 0 Å². The molecule has 1 spiro atoms. The van der Waals surface area contributed by atoms with Gasteiger partial charge >= 0.3 is 0 Å². The third kappa shape index (κ3) is 3.58. The number of carbonyl (C=O) groups excluding carboxylic acids is 3. The number of amides is 3. The Morgan fingerprint density at radius 3 is 2.53 bits per heavy atom. The number of nitrogens with zero attached hydrogens (tertiary/aromatic N) is 1. The Bertz CT molecular complexity index is 708. The third-order valence-electron chi connectivity index (χ3n) is 6.95. The van der Waals surface area contributed by atoms with Crippen molar-refractivity contribution in [3.8, 4) is 0 Å². The molecule has 3 saturated heterocycles. The fourth-order valence-corrected chi connectivity index (χ4v) is 9.24. The van der Waals surface area contributed by atoms with Gasteiger partial charge in [-0.25, -0.2) is 0 Å². The number of nitrogens with one attached hydrogen (secondary N) is 2. The molecule has 2 bridgehead atoms. The Morgan fingerprint density at radius 1 is 1.33 bits per heavy atom. The maximum absolute atomic E-state index is 13.8. The normalized spacial score (nSPS) is 36.7. The van der Waals surface area contributed by atoms with Crippen LogP contribution < -0.4 is 10.6 Å². The monoisotopic (exact) mass is 503 g/mol. The zero-order chi connectivity index (χ0) is 22.4. The van der Waals surface area contributed by atoms with Crippen LogP contribution in [-0.4, -0.2) is 74.3 Å². The second-order valence-corrected chi connectivity index (χ2v) is 11.9. The van der Waals surface area contributed by atoms with Crippen LogP contribution >= 0.6 is 27.7 Å². The van der Waals surface area contributed by atoms with Gasteiger partial charge in [0.05, 0.1) is 29.2 Å². The molecule has 3 heterocycles. The fourth-order valence-electron chi connectivity index (χ4n) is 5.64. The molecule has 3 rings (SSSR count). The molecule has 0 radical (unpaired) electrons. The molecule has 3 aliphatic rings. The zero-order valence-corrected chi connectivity index (χ0v) is 20.8. The van der Waals surface area contributed by atoms with Crippen LogP contribution in [0.5, 0.6) is 0 Å². The highest BCUT2D eigenvalue weighted by molar-refractivity contribution is 9.09. The summed E-state index contributed by atoms with van der Waals surface area (Å²) in [5.41, 5.74) is 0. The maximum atomic E-state index is 13.8. The molecule has 3 N–H and O–H groups in total. The lowest BCUT2D eigenvalue weighted by Gasteiger charge is -2.39. The summed E-state index contributed by atoms with van der Waals surface area (Å²) < 4.78 is -0.661. The van der Waals surface area contributed by atoms with Gasteiger partial charge in [-0.05, 0) is 25.7 Å². The van der Waals surface area contributed by atoms with Crippen molar-refractivity contribution >= 4 is 45.4 Å². The van der Waals surface area contributed by atoms with E-state index in [-0.39, 0.29) is 46.4 Å². The van der Waals surface area contributed by atoms with E-state index in [9.17, 15) is 19.5 Å². The van der Waals surface area contributed by atoms with Crippen LogP contribution in [0.4, 0.5) is 0 Å². The predicted molar refractivity (Wildman–Crippen MR) is 121 cm³/mol. The van der Waals surface area contributed by atoms with E-state index in [1.807, 2.05) is 20.8 Å². The highest BCUT2D eigenvalue weighted by Crippen LogP contribution is 2.68. The molecule has 0 aromatic carbocycles. The number of hydrogen-bond acceptors (Lipinski definition) is 5. The molecule has 3 fully saturated rings. The van der Waals surface area contributed by atoms with Gasteiger partial charge in [-0.2, -0.15) is 0 Å². The largest absolute Gasteiger partial charge is 0.394 e. The predicted octanol–water partition coefficient (Wildman–Crippen LogP) is 1.52. The molecular weight excluding hydrogens is 470 g/mol. The molecule has 9 heteroatoms. The highest BCUT2D eigenvalue weighted by Gasteiger charge is 2.76. The lowest BCUT2D eigenvalue weighted by molar-refractivity contribution is -0.143. The Morgan fingerprint density at radius 2 is 2.00 bits per heavy atom. The number of aliphatic hydroxyl groups excluding tert-OH is 1. The number of halogens is 1. The summed E-state index contributed by atoms with van der Waals surface area (Å²) in [5.74, 6) is -1.54. The lowest BCUT2D eigenvalue weighted by Crippen LogP contribution is -2.58. The van der Waals surface area contributed by atoms with Gasteiger partial charge in [-0.15, -0.1) is 11.8 Å². The first-order valence-electron chi connectivity index (χ1n) is 10.9. The summed E-state index contributed by atoms with van der Waals surface area (Å²) in [4.78, 5) is 41.8. The van der Waals surface area contributed by atoms with Crippen molar-refractivity contribution in [2.75, 3.05) is 13.7 Å². The first kappa shape index (κ1) is 23.9. The van der Waals surface area contributed by atoms with Crippen LogP contribution in [0.1, 0.15) is 47.0 Å². The SMILES string of the molecule is CCCC(C)NC(=O)C1N([C@@H](CO)C(C)C)C(=O)[C@@H]2[C@H](C(=O)NC)[C@H]3SC12CC3Br. The van der Waals surface area contributed by atoms with E-state index in [1.165, 1.54) is 0 Å². The van der Waals surface area contributed by atoms with Crippen molar-refractivity contribution in [3.63, 3.8) is 0 Å². The molecular formula is C21H34BrN3O4S. The molecule has 0 aromatic heterocycles. The summed E-state index contributed by atoms with van der Waals surface area (Å²) >= 11 is 5.35. The van der Waals surface area contributed by atoms with Crippen LogP contribution in [-0.2, 0) is 14.4 Å². The van der Waals surface area contributed by atoms with E-state index >= 15 is 0 Å². The Balaban J connectivity index is 2.07. The van der Waals surface area contributed by atoms with E-state index < -0.39 is 28.7 Å². The minimum atomic E-state index is -0.696. The lowest BCUT2D eigenvalue weighted by atomic mass is 9.70. The molecule has 0 aromatic rings. The number of likely N-dealkylation sites (tertiary alicyclic amines) is 1. The number of alkyl halides is 1. The number of rotatable bonds is 8. The second-order valence-electron chi connectivity index (χ2n) is 9.22. The van der Waals surface area contributed by atoms with Gasteiger partial charge < -0.3 is 20.6 Å². The smallest absolute Gasteiger partial charge is 0.244 e. The van der Waals surface area contributed by atoms with Crippen LogP contribution in [0.15, 0.2) is 0 Å². The van der Waals surface area contributed by atoms with Crippen molar-refractivity contribution in [3.05, 3.63) is 0 Å². The second kappa shape index (κ2) is 8.98. The number of fused-ring (bicyclic) bond motifs is 1. The molecule has 3 aliphatic heterocycles. The Hall–Kier alpha value is -0.800. The molecule has 8 atom stereocenters. The van der Waals surface area contributed by atoms with Gasteiger partial charge in [0, 0.05) is 23.2 Å². The van der Waals surface area contributed by atoms with Gasteiger partial charge in [0.2, 0.25) is 17.7 Å². The van der Waals surface area contributed by atoms with Crippen LogP contribution in [0.2, 0.25) is 0 Å². The van der Waals surface area contributed by atoms with Crippen molar-refractivity contribution in [2.45, 2.75) is 79.9 Å². The average molecular weight is 504 g/mol. The minimum absolute atomic E-state index is 0.000337. The summed E-state index contributed by atoms with van der Waals surface area (Å²) in [6, 6.07) is -1.16. The van der Waals surface area contributed by atoms with Crippen LogP contribution in [0.3, 0.4) is 0 Å².